The SMILES string of the molecule is O=C1O[C@H]2[C@H](Oc3cc(OCc4ccccc4)cc4c3C[C@@H](O)[C@@H](c3ccc(OCc5ccccc5)c(OCc5ccccc5)c3)O4)OC[C@@]2(COCc2ccccc2)O1. The first-order valence-corrected chi connectivity index (χ1v) is 19.9. The van der Waals surface area contributed by atoms with Gasteiger partial charge >= 0.3 is 6.16 Å². The van der Waals surface area contributed by atoms with Crippen LogP contribution in [0.4, 0.5) is 4.79 Å². The van der Waals surface area contributed by atoms with Gasteiger partial charge in [0.25, 0.3) is 0 Å². The van der Waals surface area contributed by atoms with Gasteiger partial charge in [-0.1, -0.05) is 127 Å². The monoisotopic (exact) mass is 808 g/mol. The molecule has 11 heteroatoms. The van der Waals surface area contributed by atoms with E-state index in [4.69, 9.17) is 42.6 Å². The number of aliphatic hydroxyl groups excluding tert-OH is 1. The summed E-state index contributed by atoms with van der Waals surface area (Å²) < 4.78 is 55.5. The third-order valence-electron chi connectivity index (χ3n) is 10.6. The van der Waals surface area contributed by atoms with Gasteiger partial charge in [-0.3, -0.25) is 0 Å². The molecule has 5 atom stereocenters. The molecule has 3 aliphatic rings. The highest BCUT2D eigenvalue weighted by Crippen LogP contribution is 2.46. The first-order valence-electron chi connectivity index (χ1n) is 19.9. The smallest absolute Gasteiger partial charge is 0.489 e. The van der Waals surface area contributed by atoms with Crippen molar-refractivity contribution < 1.29 is 52.5 Å². The van der Waals surface area contributed by atoms with Crippen LogP contribution in [0, 0.1) is 0 Å². The summed E-state index contributed by atoms with van der Waals surface area (Å²) in [6.45, 7) is 1.30. The Balaban J connectivity index is 0.981. The molecule has 6 aromatic carbocycles. The quantitative estimate of drug-likeness (QED) is 0.0946. The van der Waals surface area contributed by atoms with Crippen molar-refractivity contribution in [3.05, 3.63) is 185 Å². The molecule has 9 rings (SSSR count). The van der Waals surface area contributed by atoms with Crippen LogP contribution in [-0.2, 0) is 51.8 Å². The zero-order valence-corrected chi connectivity index (χ0v) is 32.7. The summed E-state index contributed by atoms with van der Waals surface area (Å²) in [6, 6.07) is 48.4. The normalized spacial score (nSPS) is 21.4. The second-order valence-corrected chi connectivity index (χ2v) is 15.0. The largest absolute Gasteiger partial charge is 0.509 e. The lowest BCUT2D eigenvalue weighted by atomic mass is 9.93. The number of benzene rings is 6. The number of aliphatic hydroxyl groups is 1. The van der Waals surface area contributed by atoms with E-state index < -0.39 is 36.4 Å². The molecule has 2 fully saturated rings. The zero-order chi connectivity index (χ0) is 40.7. The lowest BCUT2D eigenvalue weighted by Crippen LogP contribution is -2.46. The Kier molecular flexibility index (Phi) is 11.5. The van der Waals surface area contributed by atoms with E-state index >= 15 is 0 Å². The van der Waals surface area contributed by atoms with Gasteiger partial charge in [0.05, 0.1) is 25.9 Å². The lowest BCUT2D eigenvalue weighted by Gasteiger charge is -2.33. The van der Waals surface area contributed by atoms with Gasteiger partial charge in [0.1, 0.15) is 43.2 Å². The van der Waals surface area contributed by atoms with Gasteiger partial charge in [0, 0.05) is 24.1 Å². The predicted octanol–water partition coefficient (Wildman–Crippen LogP) is 8.69. The van der Waals surface area contributed by atoms with Gasteiger partial charge in [0.15, 0.2) is 11.5 Å². The third kappa shape index (κ3) is 8.89. The molecule has 0 unspecified atom stereocenters. The van der Waals surface area contributed by atoms with Crippen LogP contribution in [0.5, 0.6) is 28.7 Å². The summed E-state index contributed by atoms with van der Waals surface area (Å²) in [5, 5.41) is 11.8. The average molecular weight is 809 g/mol. The molecule has 60 heavy (non-hydrogen) atoms. The topological polar surface area (TPSA) is 120 Å². The van der Waals surface area contributed by atoms with E-state index in [0.717, 1.165) is 22.3 Å². The zero-order valence-electron chi connectivity index (χ0n) is 32.7. The average Bonchev–Trinajstić information content (AvgIpc) is 3.78. The number of hydrogen-bond acceptors (Lipinski definition) is 11. The molecule has 6 aromatic rings. The maximum atomic E-state index is 12.6. The highest BCUT2D eigenvalue weighted by molar-refractivity contribution is 5.64. The van der Waals surface area contributed by atoms with Crippen LogP contribution in [0.15, 0.2) is 152 Å². The molecule has 0 bridgehead atoms. The maximum absolute atomic E-state index is 12.6. The standard InChI is InChI=1S/C49H44O11/c50-40-26-39-42(57-45(40)37-21-22-41(54-29-35-17-9-3-10-18-35)44(23-37)55-30-36-19-11-4-12-20-36)24-38(53-28-34-15-7-2-8-16-34)25-43(39)58-47-46-49(32-56-47,60-48(51)59-46)31-52-27-33-13-5-1-6-14-33/h1-25,40,45-47,50H,26-32H2/t40-,45-,46+,47+,49-/m1/s1. The molecule has 2 saturated heterocycles. The van der Waals surface area contributed by atoms with Gasteiger partial charge in [-0.25, -0.2) is 4.79 Å². The van der Waals surface area contributed by atoms with Crippen LogP contribution in [0.3, 0.4) is 0 Å². The van der Waals surface area contributed by atoms with E-state index in [9.17, 15) is 9.90 Å². The van der Waals surface area contributed by atoms with Gasteiger partial charge in [-0.15, -0.1) is 0 Å². The van der Waals surface area contributed by atoms with E-state index in [-0.39, 0.29) is 26.2 Å². The minimum absolute atomic E-state index is 0.00378. The van der Waals surface area contributed by atoms with Crippen LogP contribution in [-0.4, -0.2) is 48.6 Å². The summed E-state index contributed by atoms with van der Waals surface area (Å²) >= 11 is 0. The second-order valence-electron chi connectivity index (χ2n) is 15.0. The Morgan fingerprint density at radius 3 is 1.83 bits per heavy atom. The molecule has 0 amide bonds. The summed E-state index contributed by atoms with van der Waals surface area (Å²) in [6.07, 6.45) is -4.40. The Bertz CT molecular complexity index is 2360. The fraction of sp³-hybridized carbons (Fsp3) is 0.245. The predicted molar refractivity (Wildman–Crippen MR) is 219 cm³/mol. The first-order chi connectivity index (χ1) is 29.5. The summed E-state index contributed by atoms with van der Waals surface area (Å²) in [5.41, 5.74) is 4.04. The minimum Gasteiger partial charge on any atom is -0.489 e. The van der Waals surface area contributed by atoms with Crippen LogP contribution in [0.2, 0.25) is 0 Å². The van der Waals surface area contributed by atoms with Crippen molar-refractivity contribution in [3.63, 3.8) is 0 Å². The number of carbonyl (C=O) groups excluding carboxylic acids is 1. The first kappa shape index (κ1) is 39.0. The third-order valence-corrected chi connectivity index (χ3v) is 10.6. The van der Waals surface area contributed by atoms with Crippen molar-refractivity contribution >= 4 is 6.16 Å². The van der Waals surface area contributed by atoms with E-state index in [1.54, 1.807) is 12.1 Å². The van der Waals surface area contributed by atoms with Crippen molar-refractivity contribution in [2.24, 2.45) is 0 Å². The molecule has 0 radical (unpaired) electrons. The number of carbonyl (C=O) groups is 1. The van der Waals surface area contributed by atoms with Gasteiger partial charge in [0.2, 0.25) is 18.0 Å². The van der Waals surface area contributed by atoms with E-state index in [0.29, 0.717) is 59.7 Å². The Morgan fingerprint density at radius 1 is 0.617 bits per heavy atom. The Morgan fingerprint density at radius 2 is 1.20 bits per heavy atom. The number of rotatable bonds is 16. The summed E-state index contributed by atoms with van der Waals surface area (Å²) in [5.74, 6) is 2.34. The number of fused-ring (bicyclic) bond motifs is 2. The molecule has 0 spiro atoms. The fourth-order valence-electron chi connectivity index (χ4n) is 7.53. The molecule has 1 N–H and O–H groups in total. The Labute approximate surface area is 347 Å². The molecular weight excluding hydrogens is 765 g/mol. The fourth-order valence-corrected chi connectivity index (χ4v) is 7.53. The van der Waals surface area contributed by atoms with E-state index in [2.05, 4.69) is 0 Å². The summed E-state index contributed by atoms with van der Waals surface area (Å²) in [4.78, 5) is 12.6. The molecule has 0 aliphatic carbocycles. The van der Waals surface area contributed by atoms with Crippen molar-refractivity contribution in [1.29, 1.82) is 0 Å². The van der Waals surface area contributed by atoms with Crippen LogP contribution in [0.25, 0.3) is 0 Å². The van der Waals surface area contributed by atoms with Crippen molar-refractivity contribution in [3.8, 4) is 28.7 Å². The molecule has 11 nitrogen and oxygen atoms in total. The second kappa shape index (κ2) is 17.8. The molecule has 0 aromatic heterocycles. The molecule has 3 heterocycles. The van der Waals surface area contributed by atoms with Gasteiger partial charge in [-0.2, -0.15) is 0 Å². The van der Waals surface area contributed by atoms with Crippen LogP contribution >= 0.6 is 0 Å². The molecule has 306 valence electrons. The highest BCUT2D eigenvalue weighted by atomic mass is 16.8. The van der Waals surface area contributed by atoms with Gasteiger partial charge < -0.3 is 47.7 Å². The van der Waals surface area contributed by atoms with Crippen LogP contribution < -0.4 is 23.7 Å². The molecular formula is C49H44O11. The van der Waals surface area contributed by atoms with Crippen molar-refractivity contribution in [2.45, 2.75) is 63.1 Å². The minimum atomic E-state index is -1.21. The number of hydrogen-bond donors (Lipinski definition) is 1. The van der Waals surface area contributed by atoms with Crippen molar-refractivity contribution in [1.82, 2.24) is 0 Å². The van der Waals surface area contributed by atoms with E-state index in [1.165, 1.54) is 0 Å². The van der Waals surface area contributed by atoms with Crippen molar-refractivity contribution in [2.75, 3.05) is 13.2 Å². The Hall–Kier alpha value is -6.53. The summed E-state index contributed by atoms with van der Waals surface area (Å²) in [7, 11) is 0. The lowest BCUT2D eigenvalue weighted by molar-refractivity contribution is -0.0919. The van der Waals surface area contributed by atoms with Crippen LogP contribution in [0.1, 0.15) is 39.5 Å². The highest BCUT2D eigenvalue weighted by Gasteiger charge is 2.62. The number of ether oxygens (including phenoxy) is 9. The molecule has 3 aliphatic heterocycles. The van der Waals surface area contributed by atoms with Gasteiger partial charge in [-0.05, 0) is 39.9 Å². The maximum Gasteiger partial charge on any atom is 0.509 e. The van der Waals surface area contributed by atoms with E-state index in [1.807, 2.05) is 140 Å². The molecule has 0 saturated carbocycles.